The van der Waals surface area contributed by atoms with E-state index >= 15 is 0 Å². The third-order valence-electron chi connectivity index (χ3n) is 9.80. The van der Waals surface area contributed by atoms with Crippen molar-refractivity contribution in [2.45, 2.75) is 0 Å². The maximum absolute atomic E-state index is 5.45. The third-order valence-corrected chi connectivity index (χ3v) is 9.80. The summed E-state index contributed by atoms with van der Waals surface area (Å²) in [5, 5.41) is 5.61. The first-order valence-electron chi connectivity index (χ1n) is 17.2. The van der Waals surface area contributed by atoms with E-state index in [9.17, 15) is 0 Å². The molecule has 0 aliphatic heterocycles. The smallest absolute Gasteiger partial charge is 0.161 e. The fourth-order valence-electron chi connectivity index (χ4n) is 7.50. The average molecular weight is 651 g/mol. The second-order valence-corrected chi connectivity index (χ2v) is 12.8. The van der Waals surface area contributed by atoms with E-state index in [1.54, 1.807) is 0 Å². The lowest BCUT2D eigenvalue weighted by atomic mass is 9.94. The average Bonchev–Trinajstić information content (AvgIpc) is 3.57. The van der Waals surface area contributed by atoms with Crippen LogP contribution < -0.4 is 0 Å². The molecule has 0 unspecified atom stereocenters. The van der Waals surface area contributed by atoms with E-state index in [0.717, 1.165) is 83.1 Å². The highest BCUT2D eigenvalue weighted by atomic mass is 15.0. The molecule has 4 nitrogen and oxygen atoms in total. The number of fused-ring (bicyclic) bond motifs is 6. The van der Waals surface area contributed by atoms with Crippen LogP contribution in [0.5, 0.6) is 0 Å². The van der Waals surface area contributed by atoms with Crippen LogP contribution in [0.3, 0.4) is 0 Å². The molecule has 0 aliphatic rings. The summed E-state index contributed by atoms with van der Waals surface area (Å²) in [5.74, 6) is 0.690. The number of pyridine rings is 1. The van der Waals surface area contributed by atoms with Gasteiger partial charge in [0, 0.05) is 44.1 Å². The van der Waals surface area contributed by atoms with Gasteiger partial charge in [-0.2, -0.15) is 0 Å². The van der Waals surface area contributed by atoms with E-state index in [2.05, 4.69) is 174 Å². The third kappa shape index (κ3) is 4.80. The van der Waals surface area contributed by atoms with E-state index in [0.29, 0.717) is 5.82 Å². The van der Waals surface area contributed by atoms with Gasteiger partial charge >= 0.3 is 0 Å². The van der Waals surface area contributed by atoms with Gasteiger partial charge in [0.2, 0.25) is 0 Å². The van der Waals surface area contributed by atoms with Gasteiger partial charge in [-0.25, -0.2) is 15.0 Å². The molecule has 10 aromatic rings. The van der Waals surface area contributed by atoms with Crippen LogP contribution in [-0.2, 0) is 0 Å². The summed E-state index contributed by atoms with van der Waals surface area (Å²) >= 11 is 0. The van der Waals surface area contributed by atoms with E-state index in [-0.39, 0.29) is 0 Å². The standard InChI is InChI=1S/C47H30N4/c1-4-16-31(17-5-1)41-30-42(32-18-6-2-7-19-32)50-47(49-41)37-29-28-36(34-22-10-11-23-35(34)37)45-44-39-25-13-15-27-43(39)51(33-20-8-3-9-21-33)46(44)38-24-12-14-26-40(38)48-45/h1-30H. The molecule has 0 bridgehead atoms. The monoisotopic (exact) mass is 650 g/mol. The van der Waals surface area contributed by atoms with Crippen molar-refractivity contribution < 1.29 is 0 Å². The zero-order valence-electron chi connectivity index (χ0n) is 27.6. The molecule has 0 radical (unpaired) electrons. The molecule has 0 fully saturated rings. The molecule has 0 N–H and O–H groups in total. The van der Waals surface area contributed by atoms with Gasteiger partial charge < -0.3 is 4.57 Å². The molecule has 0 atom stereocenters. The first-order chi connectivity index (χ1) is 25.3. The summed E-state index contributed by atoms with van der Waals surface area (Å²) in [6.45, 7) is 0. The molecular weight excluding hydrogens is 621 g/mol. The lowest BCUT2D eigenvalue weighted by molar-refractivity contribution is 1.18. The maximum Gasteiger partial charge on any atom is 0.161 e. The molecule has 0 aliphatic carbocycles. The van der Waals surface area contributed by atoms with Gasteiger partial charge in [-0.3, -0.25) is 0 Å². The SMILES string of the molecule is c1ccc(-c2cc(-c3ccccc3)nc(-c3ccc(-c4nc5ccccc5c5c4c4ccccc4n5-c4ccccc4)c4ccccc34)n2)cc1. The van der Waals surface area contributed by atoms with Crippen LogP contribution in [0, 0.1) is 0 Å². The normalized spacial score (nSPS) is 11.5. The fourth-order valence-corrected chi connectivity index (χ4v) is 7.50. The van der Waals surface area contributed by atoms with Gasteiger partial charge in [0.05, 0.1) is 33.6 Å². The van der Waals surface area contributed by atoms with E-state index in [1.807, 2.05) is 12.1 Å². The van der Waals surface area contributed by atoms with Crippen LogP contribution in [-0.4, -0.2) is 19.5 Å². The van der Waals surface area contributed by atoms with Crippen molar-refractivity contribution in [3.05, 3.63) is 182 Å². The highest BCUT2D eigenvalue weighted by Gasteiger charge is 2.22. The Morgan fingerprint density at radius 2 is 0.902 bits per heavy atom. The molecule has 3 heterocycles. The number of benzene rings is 7. The van der Waals surface area contributed by atoms with E-state index < -0.39 is 0 Å². The molecule has 51 heavy (non-hydrogen) atoms. The fraction of sp³-hybridized carbons (Fsp3) is 0. The molecule has 0 saturated heterocycles. The number of hydrogen-bond donors (Lipinski definition) is 0. The lowest BCUT2D eigenvalue weighted by Gasteiger charge is -2.15. The zero-order valence-corrected chi connectivity index (χ0v) is 27.6. The van der Waals surface area contributed by atoms with Crippen molar-refractivity contribution in [1.29, 1.82) is 0 Å². The summed E-state index contributed by atoms with van der Waals surface area (Å²) in [5.41, 5.74) is 11.3. The first-order valence-corrected chi connectivity index (χ1v) is 17.2. The number of hydrogen-bond acceptors (Lipinski definition) is 3. The Balaban J connectivity index is 1.27. The predicted molar refractivity (Wildman–Crippen MR) is 211 cm³/mol. The Kier molecular flexibility index (Phi) is 6.78. The Bertz CT molecular complexity index is 2840. The zero-order chi connectivity index (χ0) is 33.7. The molecule has 3 aromatic heterocycles. The molecule has 0 amide bonds. The van der Waals surface area contributed by atoms with Gasteiger partial charge in [0.25, 0.3) is 0 Å². The minimum Gasteiger partial charge on any atom is -0.308 e. The molecule has 4 heteroatoms. The maximum atomic E-state index is 5.45. The summed E-state index contributed by atoms with van der Waals surface area (Å²) in [7, 11) is 0. The molecule has 0 spiro atoms. The summed E-state index contributed by atoms with van der Waals surface area (Å²) in [6, 6.07) is 63.5. The quantitative estimate of drug-likeness (QED) is 0.186. The summed E-state index contributed by atoms with van der Waals surface area (Å²) in [6.07, 6.45) is 0. The Morgan fingerprint density at radius 3 is 1.57 bits per heavy atom. The largest absolute Gasteiger partial charge is 0.308 e. The number of para-hydroxylation sites is 3. The van der Waals surface area contributed by atoms with Crippen molar-refractivity contribution in [3.8, 4) is 50.8 Å². The van der Waals surface area contributed by atoms with E-state index in [1.165, 1.54) is 5.39 Å². The Morgan fingerprint density at radius 1 is 0.392 bits per heavy atom. The minimum atomic E-state index is 0.690. The van der Waals surface area contributed by atoms with Gasteiger partial charge in [0.1, 0.15) is 0 Å². The van der Waals surface area contributed by atoms with Crippen molar-refractivity contribution in [2.75, 3.05) is 0 Å². The van der Waals surface area contributed by atoms with Crippen LogP contribution in [0.4, 0.5) is 0 Å². The van der Waals surface area contributed by atoms with Gasteiger partial charge in [-0.1, -0.05) is 146 Å². The summed E-state index contributed by atoms with van der Waals surface area (Å²) < 4.78 is 2.39. The molecule has 0 saturated carbocycles. The first kappa shape index (κ1) is 29.0. The number of nitrogens with zero attached hydrogens (tertiary/aromatic N) is 4. The second-order valence-electron chi connectivity index (χ2n) is 12.8. The molecular formula is C47H30N4. The van der Waals surface area contributed by atoms with Crippen LogP contribution in [0.2, 0.25) is 0 Å². The van der Waals surface area contributed by atoms with Crippen molar-refractivity contribution >= 4 is 43.5 Å². The predicted octanol–water partition coefficient (Wildman–Crippen LogP) is 11.9. The highest BCUT2D eigenvalue weighted by Crippen LogP contribution is 2.44. The molecule has 238 valence electrons. The Hall–Kier alpha value is -6.91. The minimum absolute atomic E-state index is 0.690. The van der Waals surface area contributed by atoms with Gasteiger partial charge in [-0.05, 0) is 47.2 Å². The second kappa shape index (κ2) is 11.9. The van der Waals surface area contributed by atoms with Crippen molar-refractivity contribution in [1.82, 2.24) is 19.5 Å². The number of aromatic nitrogens is 4. The van der Waals surface area contributed by atoms with Crippen LogP contribution >= 0.6 is 0 Å². The highest BCUT2D eigenvalue weighted by molar-refractivity contribution is 6.24. The lowest BCUT2D eigenvalue weighted by Crippen LogP contribution is -1.98. The molecule has 7 aromatic carbocycles. The van der Waals surface area contributed by atoms with Crippen LogP contribution in [0.25, 0.3) is 94.3 Å². The molecule has 10 rings (SSSR count). The van der Waals surface area contributed by atoms with E-state index in [4.69, 9.17) is 15.0 Å². The van der Waals surface area contributed by atoms with Crippen molar-refractivity contribution in [2.24, 2.45) is 0 Å². The topological polar surface area (TPSA) is 43.6 Å². The Labute approximate surface area is 295 Å². The summed E-state index contributed by atoms with van der Waals surface area (Å²) in [4.78, 5) is 15.8. The van der Waals surface area contributed by atoms with Gasteiger partial charge in [-0.15, -0.1) is 0 Å². The number of rotatable bonds is 5. The van der Waals surface area contributed by atoms with Crippen LogP contribution in [0.1, 0.15) is 0 Å². The van der Waals surface area contributed by atoms with Crippen LogP contribution in [0.15, 0.2) is 182 Å². The van der Waals surface area contributed by atoms with Crippen molar-refractivity contribution in [3.63, 3.8) is 0 Å². The van der Waals surface area contributed by atoms with Gasteiger partial charge in [0.15, 0.2) is 5.82 Å².